The van der Waals surface area contributed by atoms with Crippen LogP contribution in [0.3, 0.4) is 0 Å². The summed E-state index contributed by atoms with van der Waals surface area (Å²) in [6.45, 7) is 4.98. The quantitative estimate of drug-likeness (QED) is 0.0130. The van der Waals surface area contributed by atoms with Crippen LogP contribution >= 0.6 is 57.9 Å². The number of pyridine rings is 1. The largest absolute Gasteiger partial charge is 0.508 e. The van der Waals surface area contributed by atoms with E-state index in [0.29, 0.717) is 5.57 Å². The van der Waals surface area contributed by atoms with Crippen LogP contribution < -0.4 is 83.8 Å². The molecule has 9 aliphatic rings. The average molecular weight is 1970 g/mol. The number of nitrogens with two attached hydrogens (primary N) is 3. The summed E-state index contributed by atoms with van der Waals surface area (Å²) in [6, 6.07) is 5.98. The van der Waals surface area contributed by atoms with Crippen LogP contribution in [0.5, 0.6) is 40.2 Å². The van der Waals surface area contributed by atoms with Crippen LogP contribution in [0.25, 0.3) is 11.1 Å². The standard InChI is InChI=1S/C87H95Cl3N16O27S2/c1-34(2)21-46(94-5)74(116)100-62-66(111)38-13-15-49(44(88)23-38)129-51-25-40-26-52(70(51)133-85-71(69(114)68(113)53(32-107)131-85)132-55-30-87(4,93)72(115)35(3)128-55)130-50-16-14-39(24-45(50)89)67(112)63-81(123)99-59(43-27-42(108)28-48(109)56(43)36-11-9-12-37(22-36)57(77(119)101-63)98-78(120)58(40)97-75(117)47(29-54(91)110)96-80(62)122)76(118)95-17-10-20-127-104-61(60-73(90)135-86(92)103-60)79(121)102-64-82(124)106-65(84(125)126)41(33-134-83(64)106)31-105-18-7-6-8-19-105/h6-9,11-16,18-19,22-28,34-35,46-47,53,55,57-59,62-64,66-69,71-72,83,85,94,107,111-115H,10,17,20-21,29-33,93H2,1-5H3,(H14-,91,92,95,96,97,98,99,100,101,102,103,108,109,110,116,117,118,119,120,121,122,123,125,126)/p+1/b104-61-/t35-,46+,47-,53+,55-,57+,58+,59-,62+,63-,64+,66+,67+,68+,69-,71+,72+,83+,85-,87-/m0/s1. The van der Waals surface area contributed by atoms with Crippen LogP contribution in [0.2, 0.25) is 14.4 Å². The Morgan fingerprint density at radius 2 is 1.43 bits per heavy atom. The number of β-lactam (4-membered cyclic amide) rings is 1. The fourth-order valence-corrected chi connectivity index (χ4v) is 19.2. The molecule has 0 radical (unpaired) electrons. The molecule has 135 heavy (non-hydrogen) atoms. The number of amides is 10. The second-order valence-corrected chi connectivity index (χ2v) is 37.0. The minimum atomic E-state index is -2.36. The number of carboxylic acids is 1. The van der Waals surface area contributed by atoms with Crippen molar-refractivity contribution in [1.82, 2.24) is 57.7 Å². The summed E-state index contributed by atoms with van der Waals surface area (Å²) < 4.78 is 40.4. The lowest BCUT2D eigenvalue weighted by Gasteiger charge is -2.49. The van der Waals surface area contributed by atoms with Gasteiger partial charge in [-0.1, -0.05) is 102 Å². The van der Waals surface area contributed by atoms with E-state index in [9.17, 15) is 69.9 Å². The third-order valence-electron chi connectivity index (χ3n) is 23.3. The molecule has 7 aromatic rings. The van der Waals surface area contributed by atoms with Gasteiger partial charge in [-0.05, 0) is 115 Å². The average Bonchev–Trinajstić information content (AvgIpc) is 0.882. The van der Waals surface area contributed by atoms with Gasteiger partial charge in [-0.2, -0.15) is 0 Å². The number of primary amides is 1. The molecule has 11 bridgehead atoms. The third-order valence-corrected chi connectivity index (χ3v) is 26.3. The highest BCUT2D eigenvalue weighted by atomic mass is 35.5. The van der Waals surface area contributed by atoms with Gasteiger partial charge in [0.1, 0.15) is 124 Å². The molecular weight excluding hydrogens is 1870 g/mol. The van der Waals surface area contributed by atoms with Crippen molar-refractivity contribution >= 4 is 134 Å². The Bertz CT molecular complexity index is 5870. The number of aromatic nitrogens is 2. The molecular formula is C87H96Cl3N16O27S2+. The smallest absolute Gasteiger partial charge is 0.352 e. The number of phenols is 2. The Morgan fingerprint density at radius 1 is 0.763 bits per heavy atom. The molecule has 43 nitrogen and oxygen atoms in total. The number of carbonyl (C=O) groups is 11. The highest BCUT2D eigenvalue weighted by Gasteiger charge is 2.56. The molecule has 16 rings (SSSR count). The second kappa shape index (κ2) is 41.6. The highest BCUT2D eigenvalue weighted by molar-refractivity contribution is 8.00. The number of aliphatic hydroxyl groups excluding tert-OH is 6. The van der Waals surface area contributed by atoms with Crippen molar-refractivity contribution < 1.29 is 137 Å². The highest BCUT2D eigenvalue weighted by Crippen LogP contribution is 2.50. The SMILES string of the molecule is CN[C@H](CC(C)C)C(=O)N[C@H]1C(=O)N[C@@H](CC(N)=O)C(=O)N[C@H]2C(=O)N[C@H]3C(=O)N[C@H](C(=O)N[C@H](C(=O)NCCCO/N=C(\C(=O)N[C@@H]4C(=O)N5C(C(=O)O)=C(C[n+]6ccccc6)CS[C@H]45)c4nc(N)sc4Cl)c4cc(O)cc(O)c4-c4cccc3c4)[C@H](O)c3ccc(c(Cl)c3)Oc3cc2cc(c3O[C@@H]2O[C@H](CO)[C@@H](O)[C@H](O)[C@H]2O[C@H]2C[C@](C)(N)[C@H](O)[C@H](C)O2)Oc2ccc(cc2Cl)[C@H]1O. The van der Waals surface area contributed by atoms with E-state index in [2.05, 4.69) is 58.0 Å². The molecule has 0 aliphatic carbocycles. The number of nitrogens with zero attached hydrogens (tertiary/aromatic N) is 4. The van der Waals surface area contributed by atoms with Crippen LogP contribution in [0, 0.1) is 5.92 Å². The van der Waals surface area contributed by atoms with Crippen molar-refractivity contribution in [1.29, 1.82) is 0 Å². The summed E-state index contributed by atoms with van der Waals surface area (Å²) >= 11 is 22.9. The maximum Gasteiger partial charge on any atom is 0.352 e. The maximum absolute atomic E-state index is 16.4. The van der Waals surface area contributed by atoms with Crippen LogP contribution in [-0.4, -0.2) is 249 Å². The Morgan fingerprint density at radius 3 is 2.06 bits per heavy atom. The van der Waals surface area contributed by atoms with Crippen molar-refractivity contribution in [2.45, 2.75) is 181 Å². The molecule has 5 aromatic carbocycles. The molecule has 3 saturated heterocycles. The first-order valence-corrected chi connectivity index (χ1v) is 45.2. The number of rotatable bonds is 24. The predicted octanol–water partition coefficient (Wildman–Crippen LogP) is 0.662. The summed E-state index contributed by atoms with van der Waals surface area (Å²) in [4.78, 5) is 173. The van der Waals surface area contributed by atoms with E-state index >= 15 is 28.8 Å². The van der Waals surface area contributed by atoms with Gasteiger partial charge < -0.3 is 144 Å². The molecule has 11 heterocycles. The summed E-state index contributed by atoms with van der Waals surface area (Å²) in [7, 11) is 1.47. The van der Waals surface area contributed by atoms with E-state index in [1.165, 1.54) is 69.1 Å². The number of fused-ring (bicyclic) bond motifs is 16. The monoisotopic (exact) mass is 1970 g/mol. The number of carbonyl (C=O) groups excluding carboxylic acids is 10. The first-order chi connectivity index (χ1) is 64.2. The van der Waals surface area contributed by atoms with Gasteiger partial charge in [0.15, 0.2) is 53.7 Å². The first kappa shape index (κ1) is 98.8. The van der Waals surface area contributed by atoms with E-state index < -0.39 is 256 Å². The number of hydrogen-bond acceptors (Lipinski definition) is 33. The number of oxime groups is 1. The number of thioether (sulfide) groups is 1. The minimum Gasteiger partial charge on any atom is -0.508 e. The lowest BCUT2D eigenvalue weighted by molar-refractivity contribution is -0.689. The van der Waals surface area contributed by atoms with Crippen molar-refractivity contribution in [2.75, 3.05) is 38.3 Å². The minimum absolute atomic E-state index is 0.0963. The summed E-state index contributed by atoms with van der Waals surface area (Å²) in [5.41, 5.74) is 14.4. The Balaban J connectivity index is 0.841. The van der Waals surface area contributed by atoms with Gasteiger partial charge in [-0.25, -0.2) is 14.3 Å². The van der Waals surface area contributed by atoms with E-state index in [1.54, 1.807) is 35.2 Å². The molecule has 718 valence electrons. The molecule has 20 atom stereocenters. The molecule has 0 spiro atoms. The number of hydrogen-bond donors (Lipinski definition) is 21. The number of carboxylic acid groups (broad SMARTS) is 1. The number of phenolic OH excluding ortho intramolecular Hbond substituents is 2. The Hall–Kier alpha value is -12.2. The fourth-order valence-electron chi connectivity index (χ4n) is 16.5. The van der Waals surface area contributed by atoms with Gasteiger partial charge in [0.05, 0.1) is 41.3 Å². The number of benzene rings is 5. The fraction of sp³-hybridized carbons (Fsp3) is 0.402. The number of aromatic hydroxyl groups is 2. The number of aliphatic carboxylic acids is 1. The van der Waals surface area contributed by atoms with Crippen molar-refractivity contribution in [3.05, 3.63) is 175 Å². The predicted molar refractivity (Wildman–Crippen MR) is 478 cm³/mol. The van der Waals surface area contributed by atoms with E-state index in [0.717, 1.165) is 64.8 Å². The van der Waals surface area contributed by atoms with Crippen molar-refractivity contribution in [2.24, 2.45) is 22.5 Å². The van der Waals surface area contributed by atoms with Crippen LogP contribution in [0.1, 0.15) is 117 Å². The number of halogens is 3. The molecule has 24 N–H and O–H groups in total. The van der Waals surface area contributed by atoms with E-state index in [1.807, 2.05) is 13.8 Å². The second-order valence-electron chi connectivity index (χ2n) is 33.5. The Kier molecular flexibility index (Phi) is 30.4. The molecule has 2 aromatic heterocycles. The molecule has 0 unspecified atom stereocenters. The number of nitrogens with one attached hydrogen (secondary N) is 9. The zero-order valence-electron chi connectivity index (χ0n) is 72.2. The number of anilines is 1. The molecule has 9 aliphatic heterocycles. The van der Waals surface area contributed by atoms with Gasteiger partial charge in [-0.3, -0.25) is 52.8 Å². The summed E-state index contributed by atoms with van der Waals surface area (Å²) in [5, 5.41) is 130. The zero-order chi connectivity index (χ0) is 97.2. The number of thiazole rings is 1. The Labute approximate surface area is 791 Å². The van der Waals surface area contributed by atoms with E-state index in [4.69, 9.17) is 85.3 Å². The van der Waals surface area contributed by atoms with Crippen LogP contribution in [0.4, 0.5) is 5.13 Å². The first-order valence-electron chi connectivity index (χ1n) is 42.2. The number of likely N-dealkylation sites (N-methyl/N-ethyl adjacent to an activating group) is 1. The molecule has 48 heteroatoms. The maximum atomic E-state index is 16.4. The lowest BCUT2D eigenvalue weighted by atomic mass is 9.86. The number of ether oxygens (including phenoxy) is 6. The molecule has 10 amide bonds. The van der Waals surface area contributed by atoms with Crippen molar-refractivity contribution in [3.63, 3.8) is 0 Å². The molecule has 3 fully saturated rings. The zero-order valence-corrected chi connectivity index (χ0v) is 76.1. The topological polar surface area (TPSA) is 653 Å². The van der Waals surface area contributed by atoms with E-state index in [-0.39, 0.29) is 109 Å². The van der Waals surface area contributed by atoms with Gasteiger partial charge in [-0.15, -0.1) is 11.8 Å². The van der Waals surface area contributed by atoms with Crippen LogP contribution in [0.15, 0.2) is 132 Å². The van der Waals surface area contributed by atoms with Gasteiger partial charge in [0.2, 0.25) is 59.3 Å². The lowest BCUT2D eigenvalue weighted by Crippen LogP contribution is -2.71. The number of nitrogen functional groups attached to an aromatic ring is 1. The van der Waals surface area contributed by atoms with Gasteiger partial charge in [0, 0.05) is 60.0 Å². The van der Waals surface area contributed by atoms with Crippen LogP contribution in [-0.2, 0) is 78.3 Å². The van der Waals surface area contributed by atoms with Gasteiger partial charge >= 0.3 is 5.97 Å². The normalized spacial score (nSPS) is 27.2. The third kappa shape index (κ3) is 21.6. The summed E-state index contributed by atoms with van der Waals surface area (Å²) in [5.74, 6) is -17.3. The van der Waals surface area contributed by atoms with Gasteiger partial charge in [0.25, 0.3) is 11.8 Å². The number of aliphatic hydroxyl groups is 6. The molecule has 0 saturated carbocycles. The summed E-state index contributed by atoms with van der Waals surface area (Å²) in [6.07, 6.45) is -15.6. The van der Waals surface area contributed by atoms with Crippen molar-refractivity contribution in [3.8, 4) is 51.4 Å².